The molecule has 0 aromatic carbocycles. The van der Waals surface area contributed by atoms with E-state index in [0.29, 0.717) is 39.0 Å². The maximum atomic E-state index is 12.9. The average Bonchev–Trinajstić information content (AvgIpc) is 3.13. The van der Waals surface area contributed by atoms with Crippen molar-refractivity contribution in [2.75, 3.05) is 40.3 Å². The van der Waals surface area contributed by atoms with Gasteiger partial charge in [-0.15, -0.1) is 11.3 Å². The first kappa shape index (κ1) is 24.8. The van der Waals surface area contributed by atoms with Crippen LogP contribution in [0.1, 0.15) is 38.5 Å². The van der Waals surface area contributed by atoms with Crippen LogP contribution in [0.2, 0.25) is 0 Å². The van der Waals surface area contributed by atoms with E-state index in [4.69, 9.17) is 0 Å². The van der Waals surface area contributed by atoms with Gasteiger partial charge in [0.1, 0.15) is 4.21 Å². The van der Waals surface area contributed by atoms with Gasteiger partial charge in [-0.2, -0.15) is 4.31 Å². The molecule has 1 aromatic heterocycles. The number of sulfonamides is 1. The van der Waals surface area contributed by atoms with Gasteiger partial charge in [-0.05, 0) is 44.5 Å². The number of piperidine rings is 1. The summed E-state index contributed by atoms with van der Waals surface area (Å²) in [7, 11) is 0.444. The third-order valence-corrected chi connectivity index (χ3v) is 8.50. The van der Waals surface area contributed by atoms with E-state index in [1.807, 2.05) is 14.1 Å². The molecule has 0 spiro atoms. The molecule has 2 amide bonds. The number of rotatable bonds is 9. The Morgan fingerprint density at radius 1 is 1.20 bits per heavy atom. The van der Waals surface area contributed by atoms with E-state index in [2.05, 4.69) is 29.4 Å². The van der Waals surface area contributed by atoms with Crippen molar-refractivity contribution < 1.29 is 18.0 Å². The Morgan fingerprint density at radius 2 is 1.83 bits per heavy atom. The minimum Gasteiger partial charge on any atom is -0.355 e. The minimum atomic E-state index is -3.58. The second-order valence-electron chi connectivity index (χ2n) is 8.93. The van der Waals surface area contributed by atoms with Crippen LogP contribution in [0.3, 0.4) is 0 Å². The summed E-state index contributed by atoms with van der Waals surface area (Å²) in [5.74, 6) is -0.309. The van der Waals surface area contributed by atoms with Crippen molar-refractivity contribution in [3.05, 3.63) is 17.0 Å². The van der Waals surface area contributed by atoms with E-state index in [0.717, 1.165) is 11.4 Å². The van der Waals surface area contributed by atoms with E-state index in [1.165, 1.54) is 22.6 Å². The predicted octanol–water partition coefficient (Wildman–Crippen LogP) is 1.49. The molecule has 170 valence electrons. The van der Waals surface area contributed by atoms with Crippen molar-refractivity contribution in [2.24, 2.45) is 11.3 Å². The maximum Gasteiger partial charge on any atom is 0.252 e. The molecule has 0 atom stereocenters. The summed E-state index contributed by atoms with van der Waals surface area (Å²) in [4.78, 5) is 26.5. The number of nitrogens with one attached hydrogen (secondary N) is 2. The molecular formula is C20H34N4O4S2. The van der Waals surface area contributed by atoms with E-state index < -0.39 is 10.0 Å². The summed E-state index contributed by atoms with van der Waals surface area (Å²) in [5.41, 5.74) is -0.0304. The fraction of sp³-hybridized carbons (Fsp3) is 0.700. The molecule has 10 heteroatoms. The lowest BCUT2D eigenvalue weighted by Crippen LogP contribution is -2.45. The van der Waals surface area contributed by atoms with Crippen molar-refractivity contribution in [2.45, 2.75) is 44.4 Å². The Morgan fingerprint density at radius 3 is 2.40 bits per heavy atom. The number of hydrogen-bond donors (Lipinski definition) is 2. The van der Waals surface area contributed by atoms with Crippen molar-refractivity contribution in [1.82, 2.24) is 19.8 Å². The van der Waals surface area contributed by atoms with Gasteiger partial charge in [0.05, 0.1) is 6.54 Å². The fourth-order valence-corrected chi connectivity index (χ4v) is 6.59. The number of carbonyl (C=O) groups excluding carboxylic acids is 2. The molecule has 1 aliphatic heterocycles. The van der Waals surface area contributed by atoms with Gasteiger partial charge in [0.15, 0.2) is 0 Å². The Balaban J connectivity index is 1.88. The first-order valence-electron chi connectivity index (χ1n) is 10.2. The fourth-order valence-electron chi connectivity index (χ4n) is 3.67. The second kappa shape index (κ2) is 10.2. The minimum absolute atomic E-state index is 0.00703. The molecule has 8 nitrogen and oxygen atoms in total. The maximum absolute atomic E-state index is 12.9. The Bertz CT molecular complexity index is 841. The van der Waals surface area contributed by atoms with Gasteiger partial charge in [-0.25, -0.2) is 8.42 Å². The van der Waals surface area contributed by atoms with Crippen LogP contribution in [0.15, 0.2) is 16.3 Å². The molecule has 1 aromatic rings. The molecule has 2 N–H and O–H groups in total. The first-order valence-corrected chi connectivity index (χ1v) is 12.4. The quantitative estimate of drug-likeness (QED) is 0.584. The molecule has 2 heterocycles. The highest BCUT2D eigenvalue weighted by atomic mass is 32.2. The lowest BCUT2D eigenvalue weighted by atomic mass is 9.91. The number of hydrogen-bond acceptors (Lipinski definition) is 6. The molecule has 1 saturated heterocycles. The van der Waals surface area contributed by atoms with Crippen LogP contribution in [-0.4, -0.2) is 69.7 Å². The van der Waals surface area contributed by atoms with Crippen molar-refractivity contribution in [3.8, 4) is 0 Å². The number of thiophene rings is 1. The van der Waals surface area contributed by atoms with Gasteiger partial charge in [-0.3, -0.25) is 9.59 Å². The summed E-state index contributed by atoms with van der Waals surface area (Å²) in [6.45, 7) is 8.11. The monoisotopic (exact) mass is 458 g/mol. The van der Waals surface area contributed by atoms with Crippen LogP contribution in [0, 0.1) is 11.3 Å². The zero-order valence-electron chi connectivity index (χ0n) is 18.5. The summed E-state index contributed by atoms with van der Waals surface area (Å²) in [5, 5.41) is 5.72. The highest BCUT2D eigenvalue weighted by Gasteiger charge is 2.33. The van der Waals surface area contributed by atoms with E-state index in [9.17, 15) is 18.0 Å². The molecule has 0 aliphatic carbocycles. The average molecular weight is 459 g/mol. The third-order valence-electron chi connectivity index (χ3n) is 5.05. The molecule has 2 rings (SSSR count). The number of nitrogens with zero attached hydrogens (tertiary/aromatic N) is 2. The van der Waals surface area contributed by atoms with Gasteiger partial charge in [0.2, 0.25) is 11.8 Å². The van der Waals surface area contributed by atoms with Gasteiger partial charge < -0.3 is 15.5 Å². The van der Waals surface area contributed by atoms with Crippen LogP contribution in [0.4, 0.5) is 0 Å². The summed E-state index contributed by atoms with van der Waals surface area (Å²) in [6.07, 6.45) is 1.03. The molecule has 30 heavy (non-hydrogen) atoms. The van der Waals surface area contributed by atoms with Crippen LogP contribution >= 0.6 is 11.3 Å². The van der Waals surface area contributed by atoms with E-state index in [-0.39, 0.29) is 27.4 Å². The Labute approximate surface area is 184 Å². The lowest BCUT2D eigenvalue weighted by Gasteiger charge is -2.32. The second-order valence-corrected chi connectivity index (χ2v) is 12.3. The molecule has 0 radical (unpaired) electrons. The molecule has 1 fully saturated rings. The molecule has 0 saturated carbocycles. The van der Waals surface area contributed by atoms with Crippen molar-refractivity contribution in [3.63, 3.8) is 0 Å². The Kier molecular flexibility index (Phi) is 8.43. The largest absolute Gasteiger partial charge is 0.355 e. The molecule has 0 bridgehead atoms. The smallest absolute Gasteiger partial charge is 0.252 e. The molecule has 0 unspecified atom stereocenters. The first-order chi connectivity index (χ1) is 13.9. The highest BCUT2D eigenvalue weighted by Crippen LogP contribution is 2.28. The summed E-state index contributed by atoms with van der Waals surface area (Å²) < 4.78 is 27.6. The predicted molar refractivity (Wildman–Crippen MR) is 119 cm³/mol. The standard InChI is InChI=1S/C20H34N4O4S2/c1-15(25)21-12-17-6-7-18(29-17)30(27,28)24-10-8-16(9-11-24)19(26)22-13-20(2,3)14-23(4)5/h6-7,16H,8-14H2,1-5H3,(H,21,25)(H,22,26). The van der Waals surface area contributed by atoms with Crippen LogP contribution in [0.25, 0.3) is 0 Å². The van der Waals surface area contributed by atoms with Crippen molar-refractivity contribution >= 4 is 33.2 Å². The number of amides is 2. The van der Waals surface area contributed by atoms with Gasteiger partial charge in [0, 0.05) is 43.9 Å². The molecular weight excluding hydrogens is 424 g/mol. The molecule has 1 aliphatic rings. The van der Waals surface area contributed by atoms with Gasteiger partial charge in [-0.1, -0.05) is 13.8 Å². The van der Waals surface area contributed by atoms with Crippen LogP contribution in [-0.2, 0) is 26.2 Å². The topological polar surface area (TPSA) is 98.8 Å². The van der Waals surface area contributed by atoms with Crippen LogP contribution in [0.5, 0.6) is 0 Å². The van der Waals surface area contributed by atoms with Gasteiger partial charge >= 0.3 is 0 Å². The third kappa shape index (κ3) is 7.04. The van der Waals surface area contributed by atoms with Gasteiger partial charge in [0.25, 0.3) is 10.0 Å². The Hall–Kier alpha value is -1.49. The van der Waals surface area contributed by atoms with E-state index in [1.54, 1.807) is 12.1 Å². The number of carbonyl (C=O) groups is 2. The van der Waals surface area contributed by atoms with Crippen LogP contribution < -0.4 is 10.6 Å². The zero-order chi connectivity index (χ0) is 22.5. The van der Waals surface area contributed by atoms with Crippen molar-refractivity contribution in [1.29, 1.82) is 0 Å². The van der Waals surface area contributed by atoms with E-state index >= 15 is 0 Å². The highest BCUT2D eigenvalue weighted by molar-refractivity contribution is 7.91. The zero-order valence-corrected chi connectivity index (χ0v) is 20.2. The summed E-state index contributed by atoms with van der Waals surface area (Å²) >= 11 is 1.17. The SMILES string of the molecule is CC(=O)NCc1ccc(S(=O)(=O)N2CCC(C(=O)NCC(C)(C)CN(C)C)CC2)s1. The normalized spacial score (nSPS) is 16.6. The lowest BCUT2D eigenvalue weighted by molar-refractivity contribution is -0.126. The summed E-state index contributed by atoms with van der Waals surface area (Å²) in [6, 6.07) is 3.31.